The fourth-order valence-electron chi connectivity index (χ4n) is 2.73. The Morgan fingerprint density at radius 1 is 1.29 bits per heavy atom. The lowest BCUT2D eigenvalue weighted by Gasteiger charge is -2.31. The van der Waals surface area contributed by atoms with Gasteiger partial charge < -0.3 is 15.3 Å². The zero-order valence-corrected chi connectivity index (χ0v) is 13.6. The van der Waals surface area contributed by atoms with Gasteiger partial charge in [-0.05, 0) is 56.1 Å². The molecule has 1 aliphatic heterocycles. The molecule has 0 saturated carbocycles. The van der Waals surface area contributed by atoms with Gasteiger partial charge in [-0.25, -0.2) is 0 Å². The van der Waals surface area contributed by atoms with E-state index in [1.54, 1.807) is 0 Å². The highest BCUT2D eigenvalue weighted by Gasteiger charge is 2.30. The third kappa shape index (κ3) is 5.49. The highest BCUT2D eigenvalue weighted by Crippen LogP contribution is 2.29. The van der Waals surface area contributed by atoms with Crippen molar-refractivity contribution < 1.29 is 23.1 Å². The summed E-state index contributed by atoms with van der Waals surface area (Å²) in [6.07, 6.45) is -2.91. The Balaban J connectivity index is 1.78. The molecule has 1 fully saturated rings. The second kappa shape index (κ2) is 7.98. The summed E-state index contributed by atoms with van der Waals surface area (Å²) in [4.78, 5) is 14.1. The number of hydrogen-bond acceptors (Lipinski definition) is 3. The standard InChI is InChI=1S/C17H23F3N2O2/c1-12-6-8-22(9-7-12)11-15(23)10-21-16(24)13-2-4-14(5-3-13)17(18,19)20/h2-5,12,15,23H,6-11H2,1H3,(H,21,24). The Hall–Kier alpha value is -1.60. The average Bonchev–Trinajstić information content (AvgIpc) is 2.54. The molecule has 0 radical (unpaired) electrons. The number of carbonyl (C=O) groups is 1. The molecule has 7 heteroatoms. The zero-order valence-electron chi connectivity index (χ0n) is 13.6. The fourth-order valence-corrected chi connectivity index (χ4v) is 2.73. The molecule has 1 saturated heterocycles. The Morgan fingerprint density at radius 2 is 1.88 bits per heavy atom. The van der Waals surface area contributed by atoms with Crippen molar-refractivity contribution in [2.45, 2.75) is 32.0 Å². The van der Waals surface area contributed by atoms with Gasteiger partial charge in [-0.15, -0.1) is 0 Å². The molecule has 0 spiro atoms. The summed E-state index contributed by atoms with van der Waals surface area (Å²) in [5.74, 6) is 0.216. The van der Waals surface area contributed by atoms with Gasteiger partial charge in [0.2, 0.25) is 0 Å². The number of β-amino-alcohol motifs (C(OH)–C–C–N with tert-alkyl or cyclic N) is 1. The number of aliphatic hydroxyl groups is 1. The Kier molecular flexibility index (Phi) is 6.23. The molecular formula is C17H23F3N2O2. The smallest absolute Gasteiger partial charge is 0.390 e. The van der Waals surface area contributed by atoms with E-state index >= 15 is 0 Å². The molecule has 24 heavy (non-hydrogen) atoms. The summed E-state index contributed by atoms with van der Waals surface area (Å²) >= 11 is 0. The highest BCUT2D eigenvalue weighted by molar-refractivity contribution is 5.94. The minimum Gasteiger partial charge on any atom is -0.390 e. The summed E-state index contributed by atoms with van der Waals surface area (Å²) in [7, 11) is 0. The monoisotopic (exact) mass is 344 g/mol. The number of carbonyl (C=O) groups excluding carboxylic acids is 1. The molecule has 2 rings (SSSR count). The molecule has 1 aromatic rings. The van der Waals surface area contributed by atoms with Gasteiger partial charge in [-0.2, -0.15) is 13.2 Å². The Morgan fingerprint density at radius 3 is 2.42 bits per heavy atom. The number of nitrogens with zero attached hydrogens (tertiary/aromatic N) is 1. The third-order valence-electron chi connectivity index (χ3n) is 4.32. The number of rotatable bonds is 5. The van der Waals surface area contributed by atoms with Gasteiger partial charge in [0.1, 0.15) is 0 Å². The summed E-state index contributed by atoms with van der Waals surface area (Å²) < 4.78 is 37.4. The van der Waals surface area contributed by atoms with E-state index in [1.807, 2.05) is 0 Å². The first-order chi connectivity index (χ1) is 11.3. The maximum atomic E-state index is 12.5. The van der Waals surface area contributed by atoms with Crippen LogP contribution in [0.15, 0.2) is 24.3 Å². The number of likely N-dealkylation sites (tertiary alicyclic amines) is 1. The molecule has 0 bridgehead atoms. The molecular weight excluding hydrogens is 321 g/mol. The van der Waals surface area contributed by atoms with Crippen LogP contribution >= 0.6 is 0 Å². The van der Waals surface area contributed by atoms with Crippen LogP contribution in [0.4, 0.5) is 13.2 Å². The van der Waals surface area contributed by atoms with E-state index in [-0.39, 0.29) is 12.1 Å². The van der Waals surface area contributed by atoms with Crippen LogP contribution in [-0.2, 0) is 6.18 Å². The lowest BCUT2D eigenvalue weighted by molar-refractivity contribution is -0.137. The number of alkyl halides is 3. The lowest BCUT2D eigenvalue weighted by atomic mass is 9.99. The van der Waals surface area contributed by atoms with Gasteiger partial charge >= 0.3 is 6.18 Å². The first kappa shape index (κ1) is 18.7. The SMILES string of the molecule is CC1CCN(CC(O)CNC(=O)c2ccc(C(F)(F)F)cc2)CC1. The third-order valence-corrected chi connectivity index (χ3v) is 4.32. The van der Waals surface area contributed by atoms with E-state index in [2.05, 4.69) is 17.1 Å². The molecule has 0 aromatic heterocycles. The van der Waals surface area contributed by atoms with Crippen LogP contribution in [0.2, 0.25) is 0 Å². The van der Waals surface area contributed by atoms with Crippen LogP contribution in [0, 0.1) is 5.92 Å². The minimum absolute atomic E-state index is 0.0753. The van der Waals surface area contributed by atoms with Crippen LogP contribution in [-0.4, -0.2) is 48.2 Å². The van der Waals surface area contributed by atoms with Crippen molar-refractivity contribution in [1.82, 2.24) is 10.2 Å². The van der Waals surface area contributed by atoms with Gasteiger partial charge in [-0.3, -0.25) is 4.79 Å². The van der Waals surface area contributed by atoms with E-state index in [4.69, 9.17) is 0 Å². The highest BCUT2D eigenvalue weighted by atomic mass is 19.4. The maximum Gasteiger partial charge on any atom is 0.416 e. The molecule has 1 atom stereocenters. The lowest BCUT2D eigenvalue weighted by Crippen LogP contribution is -2.43. The number of halogens is 3. The Labute approximate surface area is 139 Å². The van der Waals surface area contributed by atoms with Crippen LogP contribution in [0.3, 0.4) is 0 Å². The Bertz CT molecular complexity index is 538. The summed E-state index contributed by atoms with van der Waals surface area (Å²) in [6.45, 7) is 4.64. The van der Waals surface area contributed by atoms with Gasteiger partial charge in [0, 0.05) is 18.7 Å². The molecule has 1 amide bonds. The van der Waals surface area contributed by atoms with Crippen LogP contribution in [0.1, 0.15) is 35.7 Å². The number of aliphatic hydroxyl groups excluding tert-OH is 1. The summed E-state index contributed by atoms with van der Waals surface area (Å²) in [5.41, 5.74) is -0.652. The van der Waals surface area contributed by atoms with E-state index in [1.165, 1.54) is 0 Å². The van der Waals surface area contributed by atoms with Gasteiger partial charge in [-0.1, -0.05) is 6.92 Å². The normalized spacial score (nSPS) is 18.4. The molecule has 0 aliphatic carbocycles. The van der Waals surface area contributed by atoms with Crippen molar-refractivity contribution in [3.8, 4) is 0 Å². The van der Waals surface area contributed by atoms with Gasteiger partial charge in [0.15, 0.2) is 0 Å². The summed E-state index contributed by atoms with van der Waals surface area (Å²) in [6, 6.07) is 4.02. The van der Waals surface area contributed by atoms with Gasteiger partial charge in [0.05, 0.1) is 11.7 Å². The topological polar surface area (TPSA) is 52.6 Å². The predicted octanol–water partition coefficient (Wildman–Crippen LogP) is 2.53. The molecule has 4 nitrogen and oxygen atoms in total. The molecule has 1 heterocycles. The van der Waals surface area contributed by atoms with E-state index in [0.717, 1.165) is 50.2 Å². The number of nitrogens with one attached hydrogen (secondary N) is 1. The quantitative estimate of drug-likeness (QED) is 0.863. The largest absolute Gasteiger partial charge is 0.416 e. The second-order valence-electron chi connectivity index (χ2n) is 6.42. The van der Waals surface area contributed by atoms with Crippen molar-refractivity contribution in [3.63, 3.8) is 0 Å². The van der Waals surface area contributed by atoms with Crippen LogP contribution in [0.25, 0.3) is 0 Å². The van der Waals surface area contributed by atoms with Crippen molar-refractivity contribution in [3.05, 3.63) is 35.4 Å². The molecule has 134 valence electrons. The first-order valence-corrected chi connectivity index (χ1v) is 8.11. The molecule has 1 unspecified atom stereocenters. The van der Waals surface area contributed by atoms with Crippen molar-refractivity contribution in [2.75, 3.05) is 26.2 Å². The molecule has 1 aliphatic rings. The number of piperidine rings is 1. The molecule has 2 N–H and O–H groups in total. The predicted molar refractivity (Wildman–Crippen MR) is 84.6 cm³/mol. The number of amides is 1. The first-order valence-electron chi connectivity index (χ1n) is 8.11. The fraction of sp³-hybridized carbons (Fsp3) is 0.588. The minimum atomic E-state index is -4.42. The molecule has 1 aromatic carbocycles. The van der Waals surface area contributed by atoms with E-state index in [0.29, 0.717) is 12.5 Å². The van der Waals surface area contributed by atoms with Crippen molar-refractivity contribution >= 4 is 5.91 Å². The van der Waals surface area contributed by atoms with Crippen molar-refractivity contribution in [2.24, 2.45) is 5.92 Å². The van der Waals surface area contributed by atoms with Crippen LogP contribution in [0.5, 0.6) is 0 Å². The summed E-state index contributed by atoms with van der Waals surface area (Å²) in [5, 5.41) is 12.6. The van der Waals surface area contributed by atoms with E-state index in [9.17, 15) is 23.1 Å². The number of hydrogen-bond donors (Lipinski definition) is 2. The van der Waals surface area contributed by atoms with Crippen LogP contribution < -0.4 is 5.32 Å². The second-order valence-corrected chi connectivity index (χ2v) is 6.42. The van der Waals surface area contributed by atoms with Gasteiger partial charge in [0.25, 0.3) is 5.91 Å². The maximum absolute atomic E-state index is 12.5. The van der Waals surface area contributed by atoms with Crippen molar-refractivity contribution in [1.29, 1.82) is 0 Å². The number of benzene rings is 1. The average molecular weight is 344 g/mol. The van der Waals surface area contributed by atoms with E-state index < -0.39 is 23.8 Å². The zero-order chi connectivity index (χ0) is 17.7.